The zero-order valence-corrected chi connectivity index (χ0v) is 18.6. The van der Waals surface area contributed by atoms with E-state index in [1.165, 1.54) is 5.56 Å². The number of nitrogens with one attached hydrogen (secondary N) is 1. The molecule has 3 rings (SSSR count). The number of anilines is 1. The SMILES string of the molecule is CCC(C)c1ccccc1NC(=O)C(C)N1CCN(CC(=O)N2CCOCC2)CC1. The lowest BCUT2D eigenvalue weighted by atomic mass is 9.97. The number of morpholine rings is 1. The molecular weight excluding hydrogens is 380 g/mol. The van der Waals surface area contributed by atoms with Crippen molar-refractivity contribution in [2.45, 2.75) is 39.2 Å². The van der Waals surface area contributed by atoms with Crippen LogP contribution in [-0.2, 0) is 14.3 Å². The molecule has 2 aliphatic rings. The number of para-hydroxylation sites is 1. The third-order valence-corrected chi connectivity index (χ3v) is 6.42. The number of hydrogen-bond donors (Lipinski definition) is 1. The molecule has 2 amide bonds. The van der Waals surface area contributed by atoms with Gasteiger partial charge in [-0.1, -0.05) is 32.0 Å². The molecule has 2 fully saturated rings. The maximum absolute atomic E-state index is 12.9. The molecule has 7 nitrogen and oxygen atoms in total. The summed E-state index contributed by atoms with van der Waals surface area (Å²) < 4.78 is 5.32. The number of hydrogen-bond acceptors (Lipinski definition) is 5. The van der Waals surface area contributed by atoms with Gasteiger partial charge in [-0.3, -0.25) is 19.4 Å². The summed E-state index contributed by atoms with van der Waals surface area (Å²) in [6.45, 7) is 12.6. The number of rotatable bonds is 7. The van der Waals surface area contributed by atoms with Crippen molar-refractivity contribution in [1.29, 1.82) is 0 Å². The number of amides is 2. The summed E-state index contributed by atoms with van der Waals surface area (Å²) in [6, 6.07) is 7.88. The van der Waals surface area contributed by atoms with Crippen LogP contribution < -0.4 is 5.32 Å². The molecule has 0 aromatic heterocycles. The summed E-state index contributed by atoms with van der Waals surface area (Å²) in [7, 11) is 0. The third kappa shape index (κ3) is 5.80. The highest BCUT2D eigenvalue weighted by Crippen LogP contribution is 2.26. The Balaban J connectivity index is 1.48. The molecule has 0 bridgehead atoms. The molecule has 166 valence electrons. The van der Waals surface area contributed by atoms with Gasteiger partial charge in [0.2, 0.25) is 11.8 Å². The van der Waals surface area contributed by atoms with Gasteiger partial charge >= 0.3 is 0 Å². The molecule has 1 aromatic rings. The summed E-state index contributed by atoms with van der Waals surface area (Å²) in [5.74, 6) is 0.618. The van der Waals surface area contributed by atoms with Crippen LogP contribution in [0.4, 0.5) is 5.69 Å². The van der Waals surface area contributed by atoms with Crippen LogP contribution in [0.3, 0.4) is 0 Å². The summed E-state index contributed by atoms with van der Waals surface area (Å²) in [6.07, 6.45) is 1.04. The topological polar surface area (TPSA) is 65.1 Å². The average molecular weight is 417 g/mol. The Hall–Kier alpha value is -1.96. The molecule has 0 spiro atoms. The van der Waals surface area contributed by atoms with Gasteiger partial charge in [0.1, 0.15) is 0 Å². The van der Waals surface area contributed by atoms with Crippen molar-refractivity contribution < 1.29 is 14.3 Å². The zero-order valence-electron chi connectivity index (χ0n) is 18.6. The Morgan fingerprint density at radius 3 is 2.37 bits per heavy atom. The van der Waals surface area contributed by atoms with Crippen LogP contribution in [0, 0.1) is 0 Å². The van der Waals surface area contributed by atoms with E-state index in [-0.39, 0.29) is 17.9 Å². The van der Waals surface area contributed by atoms with E-state index in [0.717, 1.165) is 38.3 Å². The van der Waals surface area contributed by atoms with Gasteiger partial charge in [-0.15, -0.1) is 0 Å². The fourth-order valence-corrected chi connectivity index (χ4v) is 4.08. The van der Waals surface area contributed by atoms with Crippen LogP contribution in [0.5, 0.6) is 0 Å². The Kier molecular flexibility index (Phi) is 8.24. The van der Waals surface area contributed by atoms with Gasteiger partial charge in [0.15, 0.2) is 0 Å². The number of benzene rings is 1. The zero-order chi connectivity index (χ0) is 21.5. The van der Waals surface area contributed by atoms with E-state index in [0.29, 0.717) is 38.8 Å². The predicted octanol–water partition coefficient (Wildman–Crippen LogP) is 2.00. The van der Waals surface area contributed by atoms with Crippen LogP contribution in [-0.4, -0.2) is 91.6 Å². The summed E-state index contributed by atoms with van der Waals surface area (Å²) in [4.78, 5) is 31.6. The van der Waals surface area contributed by atoms with Gasteiger partial charge in [-0.05, 0) is 30.9 Å². The van der Waals surface area contributed by atoms with Gasteiger partial charge < -0.3 is 15.0 Å². The Morgan fingerprint density at radius 1 is 1.03 bits per heavy atom. The van der Waals surface area contributed by atoms with Crippen molar-refractivity contribution in [2.24, 2.45) is 0 Å². The molecule has 7 heteroatoms. The molecular formula is C23H36N4O3. The van der Waals surface area contributed by atoms with Crippen LogP contribution >= 0.6 is 0 Å². The maximum Gasteiger partial charge on any atom is 0.241 e. The van der Waals surface area contributed by atoms with Gasteiger partial charge in [-0.25, -0.2) is 0 Å². The molecule has 2 atom stereocenters. The first kappa shape index (κ1) is 22.7. The second-order valence-electron chi connectivity index (χ2n) is 8.37. The van der Waals surface area contributed by atoms with Gasteiger partial charge in [0.05, 0.1) is 25.8 Å². The first-order chi connectivity index (χ1) is 14.5. The van der Waals surface area contributed by atoms with E-state index in [1.807, 2.05) is 30.0 Å². The highest BCUT2D eigenvalue weighted by Gasteiger charge is 2.28. The molecule has 2 saturated heterocycles. The Bertz CT molecular complexity index is 712. The minimum absolute atomic E-state index is 0.0311. The monoisotopic (exact) mass is 416 g/mol. The maximum atomic E-state index is 12.9. The summed E-state index contributed by atoms with van der Waals surface area (Å²) in [5, 5.41) is 3.14. The number of carbonyl (C=O) groups excluding carboxylic acids is 2. The van der Waals surface area contributed by atoms with E-state index in [1.54, 1.807) is 0 Å². The third-order valence-electron chi connectivity index (χ3n) is 6.42. The second-order valence-corrected chi connectivity index (χ2v) is 8.37. The molecule has 0 radical (unpaired) electrons. The smallest absolute Gasteiger partial charge is 0.241 e. The van der Waals surface area contributed by atoms with Crippen molar-refractivity contribution in [2.75, 3.05) is 64.3 Å². The Morgan fingerprint density at radius 2 is 1.70 bits per heavy atom. The molecule has 0 aliphatic carbocycles. The summed E-state index contributed by atoms with van der Waals surface area (Å²) >= 11 is 0. The number of piperazine rings is 1. The van der Waals surface area contributed by atoms with Crippen molar-refractivity contribution >= 4 is 17.5 Å². The van der Waals surface area contributed by atoms with Crippen LogP contribution in [0.2, 0.25) is 0 Å². The molecule has 2 heterocycles. The first-order valence-electron chi connectivity index (χ1n) is 11.2. The number of carbonyl (C=O) groups is 2. The molecule has 0 saturated carbocycles. The molecule has 1 aromatic carbocycles. The number of ether oxygens (including phenoxy) is 1. The molecule has 30 heavy (non-hydrogen) atoms. The highest BCUT2D eigenvalue weighted by molar-refractivity contribution is 5.95. The van der Waals surface area contributed by atoms with Crippen LogP contribution in [0.25, 0.3) is 0 Å². The van der Waals surface area contributed by atoms with Gasteiger partial charge in [0, 0.05) is 45.0 Å². The predicted molar refractivity (Wildman–Crippen MR) is 119 cm³/mol. The lowest BCUT2D eigenvalue weighted by Crippen LogP contribution is -2.55. The normalized spacial score (nSPS) is 20.6. The standard InChI is InChI=1S/C23H36N4O3/c1-4-18(2)20-7-5-6-8-21(20)24-23(29)19(3)26-11-9-25(10-12-26)17-22(28)27-13-15-30-16-14-27/h5-8,18-19H,4,9-17H2,1-3H3,(H,24,29). The largest absolute Gasteiger partial charge is 0.378 e. The quantitative estimate of drug-likeness (QED) is 0.737. The lowest BCUT2D eigenvalue weighted by molar-refractivity contribution is -0.137. The van der Waals surface area contributed by atoms with Crippen molar-refractivity contribution in [1.82, 2.24) is 14.7 Å². The molecule has 1 N–H and O–H groups in total. The van der Waals surface area contributed by atoms with Crippen LogP contribution in [0.1, 0.15) is 38.7 Å². The second kappa shape index (κ2) is 10.9. The van der Waals surface area contributed by atoms with Gasteiger partial charge in [-0.2, -0.15) is 0 Å². The summed E-state index contributed by atoms with van der Waals surface area (Å²) in [5.41, 5.74) is 2.10. The van der Waals surface area contributed by atoms with Crippen LogP contribution in [0.15, 0.2) is 24.3 Å². The number of nitrogens with zero attached hydrogens (tertiary/aromatic N) is 3. The fraction of sp³-hybridized carbons (Fsp3) is 0.652. The van der Waals surface area contributed by atoms with E-state index in [2.05, 4.69) is 35.0 Å². The Labute approximate surface area is 180 Å². The van der Waals surface area contributed by atoms with E-state index in [4.69, 9.17) is 4.74 Å². The van der Waals surface area contributed by atoms with Gasteiger partial charge in [0.25, 0.3) is 0 Å². The van der Waals surface area contributed by atoms with E-state index in [9.17, 15) is 9.59 Å². The minimum atomic E-state index is -0.202. The first-order valence-corrected chi connectivity index (χ1v) is 11.2. The fourth-order valence-electron chi connectivity index (χ4n) is 4.08. The van der Waals surface area contributed by atoms with Crippen molar-refractivity contribution in [3.05, 3.63) is 29.8 Å². The average Bonchev–Trinajstić information content (AvgIpc) is 2.79. The lowest BCUT2D eigenvalue weighted by Gasteiger charge is -2.38. The van der Waals surface area contributed by atoms with E-state index >= 15 is 0 Å². The minimum Gasteiger partial charge on any atom is -0.378 e. The van der Waals surface area contributed by atoms with E-state index < -0.39 is 0 Å². The molecule has 2 aliphatic heterocycles. The van der Waals surface area contributed by atoms with Crippen molar-refractivity contribution in [3.63, 3.8) is 0 Å². The van der Waals surface area contributed by atoms with Crippen molar-refractivity contribution in [3.8, 4) is 0 Å². The molecule has 2 unspecified atom stereocenters. The highest BCUT2D eigenvalue weighted by atomic mass is 16.5.